The monoisotopic (exact) mass is 310 g/mol. The summed E-state index contributed by atoms with van der Waals surface area (Å²) in [6.07, 6.45) is 1.34. The molecule has 1 aromatic heterocycles. The molecular weight excluding hydrogens is 298 g/mol. The molecule has 0 aliphatic rings. The van der Waals surface area contributed by atoms with E-state index in [4.69, 9.17) is 4.42 Å². The maximum absolute atomic E-state index is 12.1. The third kappa shape index (κ3) is 3.81. The predicted molar refractivity (Wildman–Crippen MR) is 71.5 cm³/mol. The Hall–Kier alpha value is -2.90. The van der Waals surface area contributed by atoms with E-state index in [1.165, 1.54) is 30.5 Å². The molecule has 2 aromatic rings. The van der Waals surface area contributed by atoms with Gasteiger partial charge in [-0.2, -0.15) is 8.78 Å². The molecule has 2 rings (SSSR count). The average Bonchev–Trinajstić information content (AvgIpc) is 2.90. The molecule has 0 spiro atoms. The van der Waals surface area contributed by atoms with E-state index in [0.29, 0.717) is 5.76 Å². The summed E-state index contributed by atoms with van der Waals surface area (Å²) in [7, 11) is 0. The van der Waals surface area contributed by atoms with Crippen molar-refractivity contribution in [3.05, 3.63) is 53.5 Å². The van der Waals surface area contributed by atoms with E-state index < -0.39 is 18.4 Å². The van der Waals surface area contributed by atoms with Gasteiger partial charge in [-0.15, -0.1) is 0 Å². The van der Waals surface area contributed by atoms with Crippen LogP contribution in [0.1, 0.15) is 26.5 Å². The molecule has 116 valence electrons. The molecule has 1 heterocycles. The van der Waals surface area contributed by atoms with E-state index in [1.54, 1.807) is 6.92 Å². The second-order valence-corrected chi connectivity index (χ2v) is 4.21. The summed E-state index contributed by atoms with van der Waals surface area (Å²) in [4.78, 5) is 23.6. The van der Waals surface area contributed by atoms with Crippen molar-refractivity contribution in [2.45, 2.75) is 13.5 Å². The van der Waals surface area contributed by atoms with E-state index in [0.717, 1.165) is 6.07 Å². The summed E-state index contributed by atoms with van der Waals surface area (Å²) in [6.45, 7) is -1.39. The van der Waals surface area contributed by atoms with Crippen molar-refractivity contribution in [2.75, 3.05) is 0 Å². The molecule has 2 N–H and O–H groups in total. The smallest absolute Gasteiger partial charge is 0.387 e. The van der Waals surface area contributed by atoms with Crippen LogP contribution in [-0.4, -0.2) is 18.4 Å². The number of rotatable bonds is 4. The van der Waals surface area contributed by atoms with Crippen LogP contribution in [0.15, 0.2) is 41.0 Å². The highest BCUT2D eigenvalue weighted by molar-refractivity contribution is 5.99. The van der Waals surface area contributed by atoms with Crippen LogP contribution in [0.5, 0.6) is 5.75 Å². The zero-order valence-corrected chi connectivity index (χ0v) is 11.4. The maximum Gasteiger partial charge on any atom is 0.387 e. The van der Waals surface area contributed by atoms with Gasteiger partial charge in [-0.1, -0.05) is 6.07 Å². The molecule has 22 heavy (non-hydrogen) atoms. The lowest BCUT2D eigenvalue weighted by Crippen LogP contribution is -2.41. The lowest BCUT2D eigenvalue weighted by molar-refractivity contribution is -0.0498. The Bertz CT molecular complexity index is 685. The lowest BCUT2D eigenvalue weighted by atomic mass is 10.2. The first-order valence-corrected chi connectivity index (χ1v) is 6.17. The van der Waals surface area contributed by atoms with Crippen molar-refractivity contribution >= 4 is 11.8 Å². The van der Waals surface area contributed by atoms with Gasteiger partial charge in [0.2, 0.25) is 0 Å². The summed E-state index contributed by atoms with van der Waals surface area (Å²) in [5, 5.41) is 0. The number of hydrogen-bond acceptors (Lipinski definition) is 4. The molecule has 0 saturated carbocycles. The molecule has 6 nitrogen and oxygen atoms in total. The van der Waals surface area contributed by atoms with Crippen LogP contribution >= 0.6 is 0 Å². The molecule has 0 aliphatic heterocycles. The van der Waals surface area contributed by atoms with Gasteiger partial charge >= 0.3 is 6.61 Å². The quantitative estimate of drug-likeness (QED) is 0.849. The highest BCUT2D eigenvalue weighted by Crippen LogP contribution is 2.15. The average molecular weight is 310 g/mol. The van der Waals surface area contributed by atoms with Gasteiger partial charge in [0, 0.05) is 5.56 Å². The third-order valence-corrected chi connectivity index (χ3v) is 2.71. The molecule has 0 radical (unpaired) electrons. The van der Waals surface area contributed by atoms with Gasteiger partial charge in [-0.25, -0.2) is 0 Å². The number of benzene rings is 1. The van der Waals surface area contributed by atoms with Gasteiger partial charge in [0.05, 0.1) is 11.8 Å². The van der Waals surface area contributed by atoms with E-state index in [-0.39, 0.29) is 16.9 Å². The summed E-state index contributed by atoms with van der Waals surface area (Å²) in [5.41, 5.74) is 4.70. The number of furan rings is 1. The second kappa shape index (κ2) is 6.70. The van der Waals surface area contributed by atoms with Gasteiger partial charge in [0.1, 0.15) is 11.5 Å². The van der Waals surface area contributed by atoms with Crippen molar-refractivity contribution in [3.8, 4) is 5.75 Å². The molecule has 0 saturated heterocycles. The first kappa shape index (κ1) is 15.5. The van der Waals surface area contributed by atoms with Crippen LogP contribution in [0.3, 0.4) is 0 Å². The molecule has 0 aliphatic carbocycles. The summed E-state index contributed by atoms with van der Waals surface area (Å²) in [5.74, 6) is -0.979. The van der Waals surface area contributed by atoms with Gasteiger partial charge in [0.15, 0.2) is 0 Å². The molecule has 0 bridgehead atoms. The van der Waals surface area contributed by atoms with E-state index in [2.05, 4.69) is 15.6 Å². The van der Waals surface area contributed by atoms with Gasteiger partial charge in [-0.05, 0) is 31.2 Å². The fourth-order valence-electron chi connectivity index (χ4n) is 1.69. The number of amides is 2. The highest BCUT2D eigenvalue weighted by atomic mass is 19.3. The molecule has 8 heteroatoms. The van der Waals surface area contributed by atoms with Crippen molar-refractivity contribution < 1.29 is 27.5 Å². The number of aryl methyl sites for hydroxylation is 1. The topological polar surface area (TPSA) is 80.6 Å². The molecular formula is C14H12F2N2O4. The van der Waals surface area contributed by atoms with Crippen molar-refractivity contribution in [3.63, 3.8) is 0 Å². The van der Waals surface area contributed by atoms with Gasteiger partial charge in [0.25, 0.3) is 11.8 Å². The fraction of sp³-hybridized carbons (Fsp3) is 0.143. The number of hydrazine groups is 1. The summed E-state index contributed by atoms with van der Waals surface area (Å²) in [6, 6.07) is 6.65. The summed E-state index contributed by atoms with van der Waals surface area (Å²) < 4.78 is 33.4. The number of halogens is 2. The zero-order valence-electron chi connectivity index (χ0n) is 11.4. The van der Waals surface area contributed by atoms with Gasteiger partial charge in [-0.3, -0.25) is 20.4 Å². The Labute approximate surface area is 124 Å². The number of alkyl halides is 2. The van der Waals surface area contributed by atoms with Crippen molar-refractivity contribution in [2.24, 2.45) is 0 Å². The Morgan fingerprint density at radius 2 is 1.91 bits per heavy atom. The fourth-order valence-corrected chi connectivity index (χ4v) is 1.69. The normalized spacial score (nSPS) is 10.4. The SMILES string of the molecule is Cc1occc1C(=O)NNC(=O)c1cccc(OC(F)F)c1. The van der Waals surface area contributed by atoms with Crippen LogP contribution in [0, 0.1) is 6.92 Å². The van der Waals surface area contributed by atoms with Crippen LogP contribution in [0.2, 0.25) is 0 Å². The standard InChI is InChI=1S/C14H12F2N2O4/c1-8-11(5-6-21-8)13(20)18-17-12(19)9-3-2-4-10(7-9)22-14(15)16/h2-7,14H,1H3,(H,17,19)(H,18,20). The number of nitrogens with one attached hydrogen (secondary N) is 2. The number of carbonyl (C=O) groups excluding carboxylic acids is 2. The minimum Gasteiger partial charge on any atom is -0.469 e. The highest BCUT2D eigenvalue weighted by Gasteiger charge is 2.13. The maximum atomic E-state index is 12.1. The minimum absolute atomic E-state index is 0.0577. The number of ether oxygens (including phenoxy) is 1. The molecule has 0 atom stereocenters. The van der Waals surface area contributed by atoms with Crippen LogP contribution in [-0.2, 0) is 0 Å². The van der Waals surface area contributed by atoms with Crippen LogP contribution in [0.25, 0.3) is 0 Å². The molecule has 0 unspecified atom stereocenters. The van der Waals surface area contributed by atoms with E-state index in [1.807, 2.05) is 0 Å². The molecule has 1 aromatic carbocycles. The summed E-state index contributed by atoms with van der Waals surface area (Å²) >= 11 is 0. The Morgan fingerprint density at radius 3 is 2.55 bits per heavy atom. The van der Waals surface area contributed by atoms with Crippen molar-refractivity contribution in [1.29, 1.82) is 0 Å². The molecule has 2 amide bonds. The lowest BCUT2D eigenvalue weighted by Gasteiger charge is -2.08. The Kier molecular flexibility index (Phi) is 4.72. The second-order valence-electron chi connectivity index (χ2n) is 4.21. The minimum atomic E-state index is -2.98. The largest absolute Gasteiger partial charge is 0.469 e. The Morgan fingerprint density at radius 1 is 1.18 bits per heavy atom. The number of hydrogen-bond donors (Lipinski definition) is 2. The van der Waals surface area contributed by atoms with Crippen molar-refractivity contribution in [1.82, 2.24) is 10.9 Å². The van der Waals surface area contributed by atoms with Crippen LogP contribution < -0.4 is 15.6 Å². The van der Waals surface area contributed by atoms with Gasteiger partial charge < -0.3 is 9.15 Å². The first-order chi connectivity index (χ1) is 10.5. The van der Waals surface area contributed by atoms with E-state index >= 15 is 0 Å². The predicted octanol–water partition coefficient (Wildman–Crippen LogP) is 2.26. The number of carbonyl (C=O) groups is 2. The van der Waals surface area contributed by atoms with Crippen LogP contribution in [0.4, 0.5) is 8.78 Å². The first-order valence-electron chi connectivity index (χ1n) is 6.17. The third-order valence-electron chi connectivity index (χ3n) is 2.71. The molecule has 0 fully saturated rings. The Balaban J connectivity index is 1.98. The van der Waals surface area contributed by atoms with E-state index in [9.17, 15) is 18.4 Å². The zero-order chi connectivity index (χ0) is 16.1.